The number of aryl methyl sites for hydroxylation is 1. The smallest absolute Gasteiger partial charge is 0.102 e. The lowest BCUT2D eigenvalue weighted by molar-refractivity contribution is 0.278. The van der Waals surface area contributed by atoms with Gasteiger partial charge in [-0.2, -0.15) is 0 Å². The van der Waals surface area contributed by atoms with Gasteiger partial charge in [-0.15, -0.1) is 11.8 Å². The summed E-state index contributed by atoms with van der Waals surface area (Å²) < 4.78 is 0. The van der Waals surface area contributed by atoms with E-state index in [9.17, 15) is 5.11 Å². The largest absolute Gasteiger partial charge is 0.392 e. The van der Waals surface area contributed by atoms with Gasteiger partial charge in [-0.05, 0) is 18.6 Å². The first-order valence-corrected chi connectivity index (χ1v) is 6.51. The molecule has 0 unspecified atom stereocenters. The number of aliphatic hydroxyl groups excluding tert-OH is 1. The molecule has 3 heteroatoms. The van der Waals surface area contributed by atoms with Crippen molar-refractivity contribution in [3.05, 3.63) is 59.3 Å². The minimum Gasteiger partial charge on any atom is -0.392 e. The summed E-state index contributed by atoms with van der Waals surface area (Å²) in [7, 11) is 0. The minimum absolute atomic E-state index is 0.0456. The third-order valence-electron chi connectivity index (χ3n) is 2.48. The molecule has 0 fully saturated rings. The lowest BCUT2D eigenvalue weighted by atomic mass is 10.2. The second-order valence-corrected chi connectivity index (χ2v) is 4.87. The molecule has 0 amide bonds. The van der Waals surface area contributed by atoms with Crippen LogP contribution in [0.15, 0.2) is 47.6 Å². The quantitative estimate of drug-likeness (QED) is 0.840. The zero-order valence-electron chi connectivity index (χ0n) is 9.76. The van der Waals surface area contributed by atoms with Crippen LogP contribution in [0.5, 0.6) is 0 Å². The summed E-state index contributed by atoms with van der Waals surface area (Å²) in [6, 6.07) is 12.2. The van der Waals surface area contributed by atoms with Gasteiger partial charge in [0.15, 0.2) is 0 Å². The molecule has 2 rings (SSSR count). The first kappa shape index (κ1) is 12.1. The molecule has 2 aromatic rings. The van der Waals surface area contributed by atoms with Crippen molar-refractivity contribution in [2.24, 2.45) is 0 Å². The van der Waals surface area contributed by atoms with E-state index in [4.69, 9.17) is 0 Å². The first-order chi connectivity index (χ1) is 8.29. The Morgan fingerprint density at radius 1 is 1.24 bits per heavy atom. The number of thioether (sulfide) groups is 1. The number of benzene rings is 1. The molecule has 0 aliphatic carbocycles. The summed E-state index contributed by atoms with van der Waals surface area (Å²) in [4.78, 5) is 4.29. The van der Waals surface area contributed by atoms with Crippen LogP contribution < -0.4 is 0 Å². The second kappa shape index (κ2) is 5.84. The predicted molar refractivity (Wildman–Crippen MR) is 70.9 cm³/mol. The van der Waals surface area contributed by atoms with Crippen molar-refractivity contribution < 1.29 is 5.11 Å². The van der Waals surface area contributed by atoms with Gasteiger partial charge < -0.3 is 5.11 Å². The van der Waals surface area contributed by atoms with E-state index in [1.54, 1.807) is 18.0 Å². The van der Waals surface area contributed by atoms with Gasteiger partial charge in [0.25, 0.3) is 0 Å². The molecular formula is C14H15NOS. The number of nitrogens with zero attached hydrogens (tertiary/aromatic N) is 1. The Labute approximate surface area is 106 Å². The topological polar surface area (TPSA) is 33.1 Å². The van der Waals surface area contributed by atoms with Crippen molar-refractivity contribution in [2.45, 2.75) is 24.3 Å². The number of pyridine rings is 1. The monoisotopic (exact) mass is 245 g/mol. The van der Waals surface area contributed by atoms with Crippen LogP contribution in [-0.4, -0.2) is 10.1 Å². The van der Waals surface area contributed by atoms with Crippen LogP contribution in [0.3, 0.4) is 0 Å². The van der Waals surface area contributed by atoms with Gasteiger partial charge in [0.2, 0.25) is 0 Å². The van der Waals surface area contributed by atoms with E-state index in [1.165, 1.54) is 11.1 Å². The van der Waals surface area contributed by atoms with Gasteiger partial charge in [0.1, 0.15) is 5.03 Å². The summed E-state index contributed by atoms with van der Waals surface area (Å²) in [5, 5.41) is 10.1. The van der Waals surface area contributed by atoms with Gasteiger partial charge in [-0.1, -0.05) is 35.9 Å². The average molecular weight is 245 g/mol. The molecule has 0 aliphatic rings. The van der Waals surface area contributed by atoms with Crippen LogP contribution in [0.1, 0.15) is 16.7 Å². The Morgan fingerprint density at radius 2 is 2.12 bits per heavy atom. The highest BCUT2D eigenvalue weighted by Gasteiger charge is 2.03. The standard InChI is InChI=1S/C14H15NOS/c1-11-4-2-5-12(8-11)10-17-14-13(9-16)6-3-7-15-14/h2-8,16H,9-10H2,1H3. The SMILES string of the molecule is Cc1cccc(CSc2ncccc2CO)c1. The van der Waals surface area contributed by atoms with E-state index >= 15 is 0 Å². The van der Waals surface area contributed by atoms with Crippen molar-refractivity contribution >= 4 is 11.8 Å². The fourth-order valence-corrected chi connectivity index (χ4v) is 2.56. The summed E-state index contributed by atoms with van der Waals surface area (Å²) >= 11 is 1.66. The third kappa shape index (κ3) is 3.32. The van der Waals surface area contributed by atoms with Gasteiger partial charge >= 0.3 is 0 Å². The maximum absolute atomic E-state index is 9.21. The lowest BCUT2D eigenvalue weighted by Gasteiger charge is -2.06. The minimum atomic E-state index is 0.0456. The maximum Gasteiger partial charge on any atom is 0.102 e. The molecule has 0 radical (unpaired) electrons. The van der Waals surface area contributed by atoms with Crippen LogP contribution in [-0.2, 0) is 12.4 Å². The Morgan fingerprint density at radius 3 is 2.88 bits per heavy atom. The Kier molecular flexibility index (Phi) is 4.18. The molecule has 17 heavy (non-hydrogen) atoms. The molecule has 88 valence electrons. The van der Waals surface area contributed by atoms with E-state index in [-0.39, 0.29) is 6.61 Å². The molecule has 0 atom stereocenters. The molecule has 0 spiro atoms. The van der Waals surface area contributed by atoms with Crippen molar-refractivity contribution in [1.29, 1.82) is 0 Å². The fourth-order valence-electron chi connectivity index (χ4n) is 1.63. The average Bonchev–Trinajstić information content (AvgIpc) is 2.37. The van der Waals surface area contributed by atoms with Crippen molar-refractivity contribution in [2.75, 3.05) is 0 Å². The summed E-state index contributed by atoms with van der Waals surface area (Å²) in [5.74, 6) is 0.881. The van der Waals surface area contributed by atoms with Crippen molar-refractivity contribution in [3.8, 4) is 0 Å². The third-order valence-corrected chi connectivity index (χ3v) is 3.60. The Balaban J connectivity index is 2.07. The number of aliphatic hydroxyl groups is 1. The molecule has 2 nitrogen and oxygen atoms in total. The highest BCUT2D eigenvalue weighted by Crippen LogP contribution is 2.24. The first-order valence-electron chi connectivity index (χ1n) is 5.52. The number of hydrogen-bond acceptors (Lipinski definition) is 3. The number of rotatable bonds is 4. The summed E-state index contributed by atoms with van der Waals surface area (Å²) in [6.07, 6.45) is 1.76. The predicted octanol–water partition coefficient (Wildman–Crippen LogP) is 3.17. The fraction of sp³-hybridized carbons (Fsp3) is 0.214. The van der Waals surface area contributed by atoms with Gasteiger partial charge in [-0.25, -0.2) is 4.98 Å². The molecule has 1 heterocycles. The van der Waals surface area contributed by atoms with Gasteiger partial charge in [0.05, 0.1) is 6.61 Å². The molecule has 1 N–H and O–H groups in total. The van der Waals surface area contributed by atoms with Crippen molar-refractivity contribution in [1.82, 2.24) is 4.98 Å². The van der Waals surface area contributed by atoms with Gasteiger partial charge in [-0.3, -0.25) is 0 Å². The Bertz CT molecular complexity index is 499. The summed E-state index contributed by atoms with van der Waals surface area (Å²) in [5.41, 5.74) is 3.45. The maximum atomic E-state index is 9.21. The number of hydrogen-bond donors (Lipinski definition) is 1. The summed E-state index contributed by atoms with van der Waals surface area (Å²) in [6.45, 7) is 2.14. The zero-order valence-corrected chi connectivity index (χ0v) is 10.6. The molecule has 0 bridgehead atoms. The molecule has 0 aliphatic heterocycles. The van der Waals surface area contributed by atoms with E-state index < -0.39 is 0 Å². The molecule has 1 aromatic heterocycles. The van der Waals surface area contributed by atoms with Crippen LogP contribution in [0.25, 0.3) is 0 Å². The highest BCUT2D eigenvalue weighted by atomic mass is 32.2. The zero-order chi connectivity index (χ0) is 12.1. The normalized spacial score (nSPS) is 10.5. The van der Waals surface area contributed by atoms with Crippen molar-refractivity contribution in [3.63, 3.8) is 0 Å². The molecule has 1 aromatic carbocycles. The Hall–Kier alpha value is -1.32. The molecule has 0 saturated carbocycles. The van der Waals surface area contributed by atoms with E-state index in [1.807, 2.05) is 12.1 Å². The number of aromatic nitrogens is 1. The van der Waals surface area contributed by atoms with Crippen LogP contribution in [0, 0.1) is 6.92 Å². The molecule has 0 saturated heterocycles. The highest BCUT2D eigenvalue weighted by molar-refractivity contribution is 7.98. The van der Waals surface area contributed by atoms with E-state index in [0.717, 1.165) is 16.3 Å². The van der Waals surface area contributed by atoms with Crippen LogP contribution >= 0.6 is 11.8 Å². The van der Waals surface area contributed by atoms with E-state index in [2.05, 4.69) is 36.2 Å². The lowest BCUT2D eigenvalue weighted by Crippen LogP contribution is -1.91. The van der Waals surface area contributed by atoms with Crippen LogP contribution in [0.2, 0.25) is 0 Å². The van der Waals surface area contributed by atoms with Gasteiger partial charge in [0, 0.05) is 17.5 Å². The van der Waals surface area contributed by atoms with Crippen LogP contribution in [0.4, 0.5) is 0 Å². The van der Waals surface area contributed by atoms with E-state index in [0.29, 0.717) is 0 Å². The molecular weight excluding hydrogens is 230 g/mol. The second-order valence-electron chi connectivity index (χ2n) is 3.90.